The van der Waals surface area contributed by atoms with E-state index in [2.05, 4.69) is 0 Å². The van der Waals surface area contributed by atoms with E-state index in [1.54, 1.807) is 0 Å². The number of aromatic nitrogens is 1. The molecule has 0 bridgehead atoms. The summed E-state index contributed by atoms with van der Waals surface area (Å²) in [7, 11) is 0. The van der Waals surface area contributed by atoms with E-state index >= 15 is 0 Å². The zero-order valence-electron chi connectivity index (χ0n) is 6.35. The molecule has 0 amide bonds. The summed E-state index contributed by atoms with van der Waals surface area (Å²) in [4.78, 5) is 9.75. The van der Waals surface area contributed by atoms with Crippen LogP contribution in [0.4, 0.5) is 11.5 Å². The number of nitro groups is 1. The standard InChI is InChI=1S/C6H7N3O3/c1-4-3-8(10)6(7)2-5(4)9(11)12/h2-3H,7H2,1H3. The summed E-state index contributed by atoms with van der Waals surface area (Å²) < 4.78 is 0.391. The summed E-state index contributed by atoms with van der Waals surface area (Å²) in [5, 5.41) is 21.1. The number of aryl methyl sites for hydroxylation is 1. The van der Waals surface area contributed by atoms with Crippen molar-refractivity contribution in [3.8, 4) is 0 Å². The SMILES string of the molecule is Cc1c[n+]([O-])c(N)cc1[N+](=O)[O-]. The number of nitrogen functional groups attached to an aromatic ring is 1. The number of nitrogens with zero attached hydrogens (tertiary/aromatic N) is 2. The average molecular weight is 169 g/mol. The Bertz CT molecular complexity index is 337. The maximum atomic E-state index is 10.8. The topological polar surface area (TPSA) is 96.1 Å². The number of hydrogen-bond acceptors (Lipinski definition) is 4. The van der Waals surface area contributed by atoms with E-state index in [0.29, 0.717) is 10.3 Å². The van der Waals surface area contributed by atoms with Crippen molar-refractivity contribution in [3.63, 3.8) is 0 Å². The predicted octanol–water partition coefficient (Wildman–Crippen LogP) is 0.119. The van der Waals surface area contributed by atoms with Gasteiger partial charge in [0.05, 0.1) is 10.5 Å². The number of pyridine rings is 1. The van der Waals surface area contributed by atoms with Crippen molar-refractivity contribution in [1.82, 2.24) is 0 Å². The second-order valence-corrected chi connectivity index (χ2v) is 2.35. The molecule has 0 aliphatic rings. The van der Waals surface area contributed by atoms with Gasteiger partial charge in [0.15, 0.2) is 0 Å². The van der Waals surface area contributed by atoms with Gasteiger partial charge in [-0.25, -0.2) is 4.73 Å². The van der Waals surface area contributed by atoms with Crippen LogP contribution in [0.5, 0.6) is 0 Å². The Kier molecular flexibility index (Phi) is 1.82. The first-order valence-electron chi connectivity index (χ1n) is 3.16. The predicted molar refractivity (Wildman–Crippen MR) is 41.2 cm³/mol. The molecule has 0 aliphatic carbocycles. The maximum absolute atomic E-state index is 10.8. The highest BCUT2D eigenvalue weighted by molar-refractivity contribution is 5.42. The van der Waals surface area contributed by atoms with E-state index in [4.69, 9.17) is 5.73 Å². The van der Waals surface area contributed by atoms with Gasteiger partial charge in [0.1, 0.15) is 12.3 Å². The summed E-state index contributed by atoms with van der Waals surface area (Å²) in [6.07, 6.45) is 1.08. The molecule has 0 saturated carbocycles. The average Bonchev–Trinajstić information content (AvgIpc) is 1.96. The molecular formula is C6H7N3O3. The number of hydrogen-bond donors (Lipinski definition) is 1. The van der Waals surface area contributed by atoms with Gasteiger partial charge in [0.2, 0.25) is 0 Å². The molecule has 64 valence electrons. The van der Waals surface area contributed by atoms with Crippen LogP contribution in [-0.2, 0) is 0 Å². The molecule has 0 aromatic carbocycles. The van der Waals surface area contributed by atoms with Crippen molar-refractivity contribution in [2.24, 2.45) is 0 Å². The molecular weight excluding hydrogens is 162 g/mol. The highest BCUT2D eigenvalue weighted by atomic mass is 16.6. The lowest BCUT2D eigenvalue weighted by Crippen LogP contribution is -2.30. The minimum Gasteiger partial charge on any atom is -0.711 e. The second kappa shape index (κ2) is 2.65. The van der Waals surface area contributed by atoms with Crippen LogP contribution in [0.25, 0.3) is 0 Å². The first-order chi connectivity index (χ1) is 5.52. The quantitative estimate of drug-likeness (QED) is 0.279. The number of anilines is 1. The van der Waals surface area contributed by atoms with Crippen molar-refractivity contribution < 1.29 is 9.65 Å². The third kappa shape index (κ3) is 1.26. The summed E-state index contributed by atoms with van der Waals surface area (Å²) in [6.45, 7) is 1.48. The highest BCUT2D eigenvalue weighted by Crippen LogP contribution is 2.16. The van der Waals surface area contributed by atoms with E-state index < -0.39 is 4.92 Å². The van der Waals surface area contributed by atoms with Crippen LogP contribution in [0.15, 0.2) is 12.3 Å². The van der Waals surface area contributed by atoms with Crippen LogP contribution in [0.3, 0.4) is 0 Å². The zero-order valence-corrected chi connectivity index (χ0v) is 6.35. The zero-order chi connectivity index (χ0) is 9.30. The van der Waals surface area contributed by atoms with Gasteiger partial charge in [-0.05, 0) is 6.92 Å². The molecule has 1 heterocycles. The third-order valence-corrected chi connectivity index (χ3v) is 1.45. The summed E-state index contributed by atoms with van der Waals surface area (Å²) in [5.41, 5.74) is 5.33. The van der Waals surface area contributed by atoms with Crippen molar-refractivity contribution in [1.29, 1.82) is 0 Å². The van der Waals surface area contributed by atoms with Gasteiger partial charge in [-0.3, -0.25) is 15.8 Å². The van der Waals surface area contributed by atoms with Gasteiger partial charge in [-0.15, -0.1) is 0 Å². The Morgan fingerprint density at radius 1 is 1.67 bits per heavy atom. The first-order valence-corrected chi connectivity index (χ1v) is 3.16. The first kappa shape index (κ1) is 8.25. The Morgan fingerprint density at radius 2 is 2.25 bits per heavy atom. The number of nitrogens with two attached hydrogens (primary N) is 1. The molecule has 6 heteroatoms. The normalized spacial score (nSPS) is 9.75. The van der Waals surface area contributed by atoms with Crippen molar-refractivity contribution in [2.45, 2.75) is 6.92 Å². The van der Waals surface area contributed by atoms with Gasteiger partial charge in [0, 0.05) is 0 Å². The molecule has 2 N–H and O–H groups in total. The molecule has 1 aromatic rings. The van der Waals surface area contributed by atoms with Crippen LogP contribution in [0, 0.1) is 22.2 Å². The third-order valence-electron chi connectivity index (χ3n) is 1.45. The van der Waals surface area contributed by atoms with Crippen molar-refractivity contribution in [3.05, 3.63) is 33.1 Å². The molecule has 1 rings (SSSR count). The molecule has 12 heavy (non-hydrogen) atoms. The molecule has 0 spiro atoms. The van der Waals surface area contributed by atoms with Crippen molar-refractivity contribution >= 4 is 11.5 Å². The molecule has 0 unspecified atom stereocenters. The van der Waals surface area contributed by atoms with Gasteiger partial charge in [-0.2, -0.15) is 0 Å². The van der Waals surface area contributed by atoms with Crippen LogP contribution >= 0.6 is 0 Å². The van der Waals surface area contributed by atoms with E-state index in [9.17, 15) is 15.3 Å². The highest BCUT2D eigenvalue weighted by Gasteiger charge is 2.14. The molecule has 0 radical (unpaired) electrons. The van der Waals surface area contributed by atoms with Crippen molar-refractivity contribution in [2.75, 3.05) is 5.73 Å². The van der Waals surface area contributed by atoms with Gasteiger partial charge >= 0.3 is 0 Å². The molecule has 0 saturated heterocycles. The molecule has 0 atom stereocenters. The van der Waals surface area contributed by atoms with E-state index in [1.165, 1.54) is 6.92 Å². The molecule has 0 aliphatic heterocycles. The van der Waals surface area contributed by atoms with E-state index in [1.807, 2.05) is 0 Å². The van der Waals surface area contributed by atoms with Crippen LogP contribution < -0.4 is 10.5 Å². The van der Waals surface area contributed by atoms with Gasteiger partial charge in [0.25, 0.3) is 11.5 Å². The minimum atomic E-state index is -0.578. The van der Waals surface area contributed by atoms with E-state index in [0.717, 1.165) is 12.3 Å². The number of rotatable bonds is 1. The van der Waals surface area contributed by atoms with Crippen LogP contribution in [0.1, 0.15) is 5.56 Å². The summed E-state index contributed by atoms with van der Waals surface area (Å²) >= 11 is 0. The molecule has 0 fully saturated rings. The lowest BCUT2D eigenvalue weighted by atomic mass is 10.2. The van der Waals surface area contributed by atoms with E-state index in [-0.39, 0.29) is 11.5 Å². The maximum Gasteiger partial charge on any atom is 0.284 e. The lowest BCUT2D eigenvalue weighted by Gasteiger charge is -2.04. The Balaban J connectivity index is 3.33. The monoisotopic (exact) mass is 169 g/mol. The summed E-state index contributed by atoms with van der Waals surface area (Å²) in [6, 6.07) is 1.04. The second-order valence-electron chi connectivity index (χ2n) is 2.35. The molecule has 1 aromatic heterocycles. The van der Waals surface area contributed by atoms with Gasteiger partial charge in [-0.1, -0.05) is 0 Å². The Labute approximate surface area is 68.0 Å². The lowest BCUT2D eigenvalue weighted by molar-refractivity contribution is -0.591. The fourth-order valence-corrected chi connectivity index (χ4v) is 0.831. The Morgan fingerprint density at radius 3 is 2.75 bits per heavy atom. The summed E-state index contributed by atoms with van der Waals surface area (Å²) in [5.74, 6) is -0.174. The fourth-order valence-electron chi connectivity index (χ4n) is 0.831. The fraction of sp³-hybridized carbons (Fsp3) is 0.167. The Hall–Kier alpha value is -1.85. The van der Waals surface area contributed by atoms with Gasteiger partial charge < -0.3 is 5.21 Å². The smallest absolute Gasteiger partial charge is 0.284 e. The molecule has 6 nitrogen and oxygen atoms in total. The van der Waals surface area contributed by atoms with Crippen LogP contribution in [0.2, 0.25) is 0 Å². The largest absolute Gasteiger partial charge is 0.711 e. The minimum absolute atomic E-state index is 0.139. The van der Waals surface area contributed by atoms with Crippen LogP contribution in [-0.4, -0.2) is 4.92 Å².